The number of aromatic hydroxyl groups is 2. The van der Waals surface area contributed by atoms with Gasteiger partial charge in [-0.15, -0.1) is 0 Å². The number of carbonyl (C=O) groups is 3. The van der Waals surface area contributed by atoms with Crippen molar-refractivity contribution in [3.05, 3.63) is 69.9 Å². The van der Waals surface area contributed by atoms with Crippen molar-refractivity contribution in [3.63, 3.8) is 0 Å². The predicted octanol–water partition coefficient (Wildman–Crippen LogP) is 3.69. The van der Waals surface area contributed by atoms with Crippen LogP contribution in [-0.2, 0) is 23.8 Å². The number of phenolic OH excluding ortho intramolecular Hbond substituents is 2. The molecular formula is C49H70N8O10. The van der Waals surface area contributed by atoms with Crippen molar-refractivity contribution >= 4 is 34.1 Å². The number of likely N-dealkylation sites (tertiary alicyclic amines) is 1. The number of allylic oxidation sites excluding steroid dienone is 3. The third kappa shape index (κ3) is 10.5. The van der Waals surface area contributed by atoms with Crippen LogP contribution in [0.4, 0.5) is 5.69 Å². The molecule has 1 spiro atoms. The molecule has 1 amide bonds. The fourth-order valence-corrected chi connectivity index (χ4v) is 9.72. The number of hydrogen-bond acceptors (Lipinski definition) is 17. The minimum atomic E-state index is -1.98. The number of aliphatic hydroxyl groups excluding tert-OH is 1. The topological polar surface area (TPSA) is 270 Å². The number of fused-ring (bicyclic) bond motifs is 1. The molecule has 8 atom stereocenters. The summed E-state index contributed by atoms with van der Waals surface area (Å²) in [5, 5.41) is 40.3. The van der Waals surface area contributed by atoms with Crippen LogP contribution >= 0.6 is 0 Å². The normalized spacial score (nSPS) is 29.9. The second-order valence-electron chi connectivity index (χ2n) is 19.4. The lowest BCUT2D eigenvalue weighted by atomic mass is 9.79. The minimum Gasteiger partial charge on any atom is -0.507 e. The van der Waals surface area contributed by atoms with E-state index in [2.05, 4.69) is 24.1 Å². The summed E-state index contributed by atoms with van der Waals surface area (Å²) in [4.78, 5) is 55.0. The Kier molecular flexibility index (Phi) is 15.5. The number of phenols is 2. The van der Waals surface area contributed by atoms with E-state index in [1.807, 2.05) is 19.9 Å². The van der Waals surface area contributed by atoms with Crippen molar-refractivity contribution in [1.29, 1.82) is 0 Å². The summed E-state index contributed by atoms with van der Waals surface area (Å²) in [6, 6.07) is 0. The van der Waals surface area contributed by atoms with Gasteiger partial charge in [0.2, 0.25) is 0 Å². The second-order valence-corrected chi connectivity index (χ2v) is 19.4. The number of amides is 1. The molecule has 2 aromatic carbocycles. The number of anilines is 1. The van der Waals surface area contributed by atoms with Gasteiger partial charge in [0.05, 0.1) is 34.8 Å². The molecule has 2 aromatic rings. The van der Waals surface area contributed by atoms with Crippen LogP contribution < -0.4 is 38.1 Å². The molecule has 3 unspecified atom stereocenters. The molecule has 0 aromatic heterocycles. The molecule has 0 radical (unpaired) electrons. The third-order valence-corrected chi connectivity index (χ3v) is 13.5. The molecule has 4 aliphatic heterocycles. The number of ketones is 1. The van der Waals surface area contributed by atoms with E-state index in [0.29, 0.717) is 43.8 Å². The van der Waals surface area contributed by atoms with E-state index < -0.39 is 65.0 Å². The molecule has 4 bridgehead atoms. The third-order valence-electron chi connectivity index (χ3n) is 13.5. The highest BCUT2D eigenvalue weighted by atomic mass is 16.7. The molecule has 1 fully saturated rings. The zero-order valence-electron chi connectivity index (χ0n) is 40.5. The largest absolute Gasteiger partial charge is 0.507 e. The highest BCUT2D eigenvalue weighted by Gasteiger charge is 2.50. The van der Waals surface area contributed by atoms with E-state index in [0.717, 1.165) is 11.6 Å². The second kappa shape index (κ2) is 20.4. The number of hydrazine groups is 1. The van der Waals surface area contributed by atoms with Gasteiger partial charge in [-0.05, 0) is 44.1 Å². The van der Waals surface area contributed by atoms with Crippen molar-refractivity contribution < 1.29 is 48.7 Å². The van der Waals surface area contributed by atoms with Crippen LogP contribution in [0.5, 0.6) is 17.2 Å². The highest BCUT2D eigenvalue weighted by Crippen LogP contribution is 2.50. The van der Waals surface area contributed by atoms with Gasteiger partial charge in [-0.2, -0.15) is 0 Å². The van der Waals surface area contributed by atoms with Gasteiger partial charge in [-0.3, -0.25) is 24.4 Å². The van der Waals surface area contributed by atoms with Gasteiger partial charge in [-0.1, -0.05) is 59.8 Å². The summed E-state index contributed by atoms with van der Waals surface area (Å²) in [7, 11) is 1.47. The maximum absolute atomic E-state index is 14.9. The van der Waals surface area contributed by atoms with E-state index in [-0.39, 0.29) is 80.4 Å². The van der Waals surface area contributed by atoms with Crippen molar-refractivity contribution in [2.24, 2.45) is 56.9 Å². The number of carbonyl (C=O) groups excluding carboxylic acids is 3. The highest BCUT2D eigenvalue weighted by molar-refractivity contribution is 6.19. The molecule has 4 heterocycles. The first-order chi connectivity index (χ1) is 31.5. The zero-order valence-corrected chi connectivity index (χ0v) is 40.5. The Morgan fingerprint density at radius 1 is 1.06 bits per heavy atom. The first-order valence-corrected chi connectivity index (χ1v) is 23.1. The van der Waals surface area contributed by atoms with Crippen molar-refractivity contribution in [1.82, 2.24) is 9.91 Å². The number of piperidine rings is 1. The monoisotopic (exact) mass is 931 g/mol. The molecule has 18 heteroatoms. The number of esters is 1. The first kappa shape index (κ1) is 50.9. The Morgan fingerprint density at radius 3 is 2.37 bits per heavy atom. The Balaban J connectivity index is 1.48. The molecular weight excluding hydrogens is 861 g/mol. The number of ether oxygens (including phenoxy) is 4. The van der Waals surface area contributed by atoms with E-state index in [4.69, 9.17) is 46.2 Å². The fourth-order valence-electron chi connectivity index (χ4n) is 9.72. The number of Topliss-reactive ketones (excluding diaryl/α,β-unsaturated/α-hetero) is 1. The Hall–Kier alpha value is -5.53. The maximum atomic E-state index is 14.9. The summed E-state index contributed by atoms with van der Waals surface area (Å²) < 4.78 is 24.5. The van der Waals surface area contributed by atoms with E-state index in [1.165, 1.54) is 26.5 Å². The van der Waals surface area contributed by atoms with Crippen LogP contribution in [0.1, 0.15) is 90.6 Å². The lowest BCUT2D eigenvalue weighted by Gasteiger charge is -2.37. The minimum absolute atomic E-state index is 0.0289. The number of hydrogen-bond donors (Lipinski definition) is 7. The van der Waals surface area contributed by atoms with Crippen LogP contribution in [0.25, 0.3) is 10.8 Å². The molecule has 1 saturated heterocycles. The molecule has 18 nitrogen and oxygen atoms in total. The van der Waals surface area contributed by atoms with Crippen molar-refractivity contribution in [2.45, 2.75) is 111 Å². The standard InChI is InChI=1S/C49H70N8O10/c1-25(2)22-56-17-15-49(16-18-56)54-38-35-36-42(60)31(8)45-37(35)46(62)48(9,67-45)65-19-14-33(64-10)29(6)44(66-34(58)24-57(52)23-32(51)21-50)30(7)41(59)28(5)20-26(3)12-11-13-27(4)47(63)53-40(43(36)61)39(38)55-49/h11-14,19,23,25-26,28-30,33,41,44,59-61H,15-18,20-22,24,50-52H2,1-10H3,(H,53,63)/b12-11+,19-14+,27-13-,32-23-/t26?,28-,29-,30-,33+,41-,44?,48?/m1/s1. The summed E-state index contributed by atoms with van der Waals surface area (Å²) in [6.07, 6.45) is 8.46. The van der Waals surface area contributed by atoms with E-state index in [9.17, 15) is 29.7 Å². The number of nitrogens with one attached hydrogen (secondary N) is 1. The van der Waals surface area contributed by atoms with Crippen molar-refractivity contribution in [2.75, 3.05) is 45.2 Å². The van der Waals surface area contributed by atoms with Gasteiger partial charge in [0, 0.05) is 93.3 Å². The van der Waals surface area contributed by atoms with E-state index in [1.54, 1.807) is 45.9 Å². The molecule has 67 heavy (non-hydrogen) atoms. The number of methoxy groups -OCH3 is 1. The Morgan fingerprint density at radius 2 is 1.73 bits per heavy atom. The summed E-state index contributed by atoms with van der Waals surface area (Å²) in [5.41, 5.74) is 11.2. The van der Waals surface area contributed by atoms with Crippen LogP contribution in [0.3, 0.4) is 0 Å². The molecule has 366 valence electrons. The molecule has 0 saturated carbocycles. The van der Waals surface area contributed by atoms with Gasteiger partial charge >= 0.3 is 11.8 Å². The predicted molar refractivity (Wildman–Crippen MR) is 253 cm³/mol. The molecule has 4 aliphatic rings. The van der Waals surface area contributed by atoms with Gasteiger partial charge in [-0.25, -0.2) is 5.84 Å². The number of nitrogens with zero attached hydrogens (tertiary/aromatic N) is 4. The average molecular weight is 931 g/mol. The number of aliphatic hydroxyl groups is 1. The smallest absolute Gasteiger partial charge is 0.327 e. The molecule has 10 N–H and O–H groups in total. The lowest BCUT2D eigenvalue weighted by molar-refractivity contribution is -0.162. The van der Waals surface area contributed by atoms with E-state index >= 15 is 0 Å². The van der Waals surface area contributed by atoms with Crippen LogP contribution in [0, 0.1) is 36.5 Å². The van der Waals surface area contributed by atoms with Gasteiger partial charge < -0.3 is 61.0 Å². The number of nitrogens with two attached hydrogens (primary N) is 3. The summed E-state index contributed by atoms with van der Waals surface area (Å²) in [6.45, 7) is 18.5. The van der Waals surface area contributed by atoms with Gasteiger partial charge in [0.25, 0.3) is 11.7 Å². The first-order valence-electron chi connectivity index (χ1n) is 23.1. The van der Waals surface area contributed by atoms with Crippen molar-refractivity contribution in [3.8, 4) is 17.2 Å². The Bertz CT molecular complexity index is 2500. The lowest BCUT2D eigenvalue weighted by Crippen LogP contribution is -2.46. The Labute approximate surface area is 392 Å². The molecule has 0 aliphatic carbocycles. The van der Waals surface area contributed by atoms with Gasteiger partial charge in [0.1, 0.15) is 35.2 Å². The SMILES string of the molecule is CO[C@H]1/C=C/OC2(C)Oc3c(C)c(O)c4c(O)c(c5c(c4c3C2=O)=NC2(CCN(CC(C)C)CC2)N=5)NC(=O)/C(C)=C\C=C\C(C)C[C@@H](C)[C@@H](O)[C@@H](C)C(OC(=O)CN(N)/C=C(\N)CN)[C@@H]1C. The maximum Gasteiger partial charge on any atom is 0.327 e. The van der Waals surface area contributed by atoms with Gasteiger partial charge in [0.15, 0.2) is 11.4 Å². The zero-order chi connectivity index (χ0) is 49.3. The summed E-state index contributed by atoms with van der Waals surface area (Å²) in [5.74, 6) is 0.286. The average Bonchev–Trinajstić information content (AvgIpc) is 3.77. The fraction of sp³-hybridized carbons (Fsp3) is 0.571. The quantitative estimate of drug-likeness (QED) is 0.0861. The van der Waals surface area contributed by atoms with Crippen LogP contribution in [0.2, 0.25) is 0 Å². The molecule has 6 rings (SSSR count). The number of benzene rings is 2. The van der Waals surface area contributed by atoms with Crippen LogP contribution in [0.15, 0.2) is 58.0 Å². The summed E-state index contributed by atoms with van der Waals surface area (Å²) >= 11 is 0. The van der Waals surface area contributed by atoms with Crippen LogP contribution in [-0.4, -0.2) is 112 Å². The number of rotatable bonds is 8.